The monoisotopic (exact) mass is 691 g/mol. The van der Waals surface area contributed by atoms with E-state index in [1.54, 1.807) is 18.5 Å². The van der Waals surface area contributed by atoms with E-state index in [4.69, 9.17) is 14.5 Å². The molecule has 2 aliphatic rings. The minimum absolute atomic E-state index is 0.0479. The van der Waals surface area contributed by atoms with Gasteiger partial charge in [0.25, 0.3) is 11.5 Å². The predicted octanol–water partition coefficient (Wildman–Crippen LogP) is 7.75. The van der Waals surface area contributed by atoms with E-state index in [0.717, 1.165) is 41.0 Å². The van der Waals surface area contributed by atoms with Crippen LogP contribution in [-0.4, -0.2) is 45.0 Å². The highest BCUT2D eigenvalue weighted by Gasteiger charge is 2.27. The fraction of sp³-hybridized carbons (Fsp3) is 0.211. The average molecular weight is 692 g/mol. The summed E-state index contributed by atoms with van der Waals surface area (Å²) < 4.78 is 42.7. The first-order valence-corrected chi connectivity index (χ1v) is 17.2. The van der Waals surface area contributed by atoms with Crippen LogP contribution in [0.2, 0.25) is 0 Å². The zero-order valence-corrected chi connectivity index (χ0v) is 27.6. The maximum atomic E-state index is 15.5. The van der Waals surface area contributed by atoms with Gasteiger partial charge in [-0.25, -0.2) is 8.78 Å². The van der Waals surface area contributed by atoms with Crippen LogP contribution in [0.5, 0.6) is 17.2 Å². The van der Waals surface area contributed by atoms with Crippen LogP contribution in [0.4, 0.5) is 14.5 Å². The number of nitrogens with one attached hydrogen (secondary N) is 1. The summed E-state index contributed by atoms with van der Waals surface area (Å²) in [7, 11) is 0. The molecule has 1 saturated heterocycles. The molecule has 12 heteroatoms. The van der Waals surface area contributed by atoms with Crippen molar-refractivity contribution in [1.82, 2.24) is 19.4 Å². The molecule has 0 radical (unpaired) electrons. The standard InChI is InChI=1S/C38H31F2N5O4S/c39-25-5-8-27(9-6-25)45-22-24-13-17-48-35(24)34(38(45)47)37(46)43-26-7-11-31(28(40)18-26)49-32-12-14-41-30-19-33(50-36(30)32)29-10-4-23(20-42-29)21-44-15-2-1-3-16-44/h4-12,14,18-20,22H,1-3,13,15-17,21H2,(H,43,46). The molecule has 9 nitrogen and oxygen atoms in total. The predicted molar refractivity (Wildman–Crippen MR) is 188 cm³/mol. The van der Waals surface area contributed by atoms with Crippen LogP contribution in [0.15, 0.2) is 90.1 Å². The van der Waals surface area contributed by atoms with E-state index in [9.17, 15) is 14.0 Å². The molecule has 1 N–H and O–H groups in total. The minimum atomic E-state index is -0.757. The lowest BCUT2D eigenvalue weighted by Gasteiger charge is -2.26. The van der Waals surface area contributed by atoms with Gasteiger partial charge in [-0.15, -0.1) is 11.3 Å². The van der Waals surface area contributed by atoms with Gasteiger partial charge in [0, 0.05) is 60.6 Å². The highest BCUT2D eigenvalue weighted by Crippen LogP contribution is 2.39. The van der Waals surface area contributed by atoms with Crippen LogP contribution >= 0.6 is 11.3 Å². The number of nitrogens with zero attached hydrogens (tertiary/aromatic N) is 4. The van der Waals surface area contributed by atoms with E-state index in [1.807, 2.05) is 18.3 Å². The molecule has 1 fully saturated rings. The second kappa shape index (κ2) is 13.4. The van der Waals surface area contributed by atoms with Crippen LogP contribution in [0.1, 0.15) is 40.7 Å². The number of carbonyl (C=O) groups excluding carboxylic acids is 1. The van der Waals surface area contributed by atoms with Gasteiger partial charge >= 0.3 is 0 Å². The fourth-order valence-electron chi connectivity index (χ4n) is 6.39. The van der Waals surface area contributed by atoms with Crippen molar-refractivity contribution in [1.29, 1.82) is 0 Å². The third kappa shape index (κ3) is 6.35. The van der Waals surface area contributed by atoms with Gasteiger partial charge in [0.1, 0.15) is 22.9 Å². The summed E-state index contributed by atoms with van der Waals surface area (Å²) in [5.41, 5.74) is 3.03. The van der Waals surface area contributed by atoms with Crippen LogP contribution in [0.25, 0.3) is 26.5 Å². The Kier molecular flexibility index (Phi) is 8.55. The Hall–Kier alpha value is -5.46. The first-order chi connectivity index (χ1) is 24.4. The molecule has 8 rings (SSSR count). The zero-order chi connectivity index (χ0) is 34.2. The number of halogens is 2. The van der Waals surface area contributed by atoms with Crippen molar-refractivity contribution < 1.29 is 23.0 Å². The Balaban J connectivity index is 1.00. The normalized spacial score (nSPS) is 14.4. The minimum Gasteiger partial charge on any atom is -0.492 e. The van der Waals surface area contributed by atoms with E-state index >= 15 is 4.39 Å². The van der Waals surface area contributed by atoms with Gasteiger partial charge in [-0.1, -0.05) is 12.5 Å². The van der Waals surface area contributed by atoms with Crippen molar-refractivity contribution in [2.24, 2.45) is 0 Å². The first-order valence-electron chi connectivity index (χ1n) is 16.4. The number of hydrogen-bond donors (Lipinski definition) is 1. The fourth-order valence-corrected chi connectivity index (χ4v) is 7.43. The van der Waals surface area contributed by atoms with Crippen LogP contribution in [0, 0.1) is 11.6 Å². The van der Waals surface area contributed by atoms with Crippen LogP contribution in [-0.2, 0) is 13.0 Å². The quantitative estimate of drug-likeness (QED) is 0.174. The van der Waals surface area contributed by atoms with Gasteiger partial charge in [-0.3, -0.25) is 29.0 Å². The van der Waals surface area contributed by atoms with Gasteiger partial charge < -0.3 is 14.8 Å². The third-order valence-corrected chi connectivity index (χ3v) is 10.1. The van der Waals surface area contributed by atoms with Crippen molar-refractivity contribution in [3.63, 3.8) is 0 Å². The topological polar surface area (TPSA) is 98.6 Å². The van der Waals surface area contributed by atoms with E-state index in [0.29, 0.717) is 35.5 Å². The molecule has 1 amide bonds. The molecule has 50 heavy (non-hydrogen) atoms. The van der Waals surface area contributed by atoms with Gasteiger partial charge in [-0.05, 0) is 80.0 Å². The summed E-state index contributed by atoms with van der Waals surface area (Å²) in [6.07, 6.45) is 9.40. The number of amides is 1. The highest BCUT2D eigenvalue weighted by molar-refractivity contribution is 7.22. The summed E-state index contributed by atoms with van der Waals surface area (Å²) in [4.78, 5) is 39.5. The SMILES string of the molecule is O=C(Nc1ccc(Oc2ccnc3cc(-c4ccc(CN5CCCCC5)cn4)sc23)c(F)c1)c1c2c(cn(-c3ccc(F)cc3)c1=O)CCO2. The number of carbonyl (C=O) groups is 1. The Morgan fingerprint density at radius 2 is 1.80 bits per heavy atom. The molecule has 2 aromatic carbocycles. The van der Waals surface area contributed by atoms with E-state index in [2.05, 4.69) is 21.3 Å². The van der Waals surface area contributed by atoms with Gasteiger partial charge in [0.15, 0.2) is 11.6 Å². The van der Waals surface area contributed by atoms with Crippen LogP contribution < -0.4 is 20.3 Å². The molecule has 0 unspecified atom stereocenters. The second-order valence-corrected chi connectivity index (χ2v) is 13.4. The molecule has 4 aromatic heterocycles. The number of fused-ring (bicyclic) bond motifs is 2. The molecular weight excluding hydrogens is 661 g/mol. The number of piperidine rings is 1. The molecule has 0 aliphatic carbocycles. The smallest absolute Gasteiger partial charge is 0.271 e. The van der Waals surface area contributed by atoms with Crippen molar-refractivity contribution in [2.45, 2.75) is 32.2 Å². The van der Waals surface area contributed by atoms with Gasteiger partial charge in [0.05, 0.1) is 27.4 Å². The lowest BCUT2D eigenvalue weighted by atomic mass is 10.1. The molecule has 0 spiro atoms. The zero-order valence-electron chi connectivity index (χ0n) is 26.8. The van der Waals surface area contributed by atoms with E-state index < -0.39 is 23.1 Å². The molecule has 6 aromatic rings. The Labute approximate surface area is 289 Å². The molecular formula is C38H31F2N5O4S. The highest BCUT2D eigenvalue weighted by atomic mass is 32.1. The van der Waals surface area contributed by atoms with Gasteiger partial charge in [-0.2, -0.15) is 0 Å². The summed E-state index contributed by atoms with van der Waals surface area (Å²) in [5, 5.41) is 2.62. The molecule has 0 bridgehead atoms. The van der Waals surface area contributed by atoms with Crippen molar-refractivity contribution in [3.05, 3.63) is 124 Å². The Morgan fingerprint density at radius 3 is 2.58 bits per heavy atom. The van der Waals surface area contributed by atoms with Crippen molar-refractivity contribution in [3.8, 4) is 33.5 Å². The van der Waals surface area contributed by atoms with Crippen molar-refractivity contribution >= 4 is 33.1 Å². The number of ether oxygens (including phenoxy) is 2. The summed E-state index contributed by atoms with van der Waals surface area (Å²) in [6, 6.07) is 17.2. The summed E-state index contributed by atoms with van der Waals surface area (Å²) >= 11 is 1.46. The van der Waals surface area contributed by atoms with E-state index in [-0.39, 0.29) is 22.7 Å². The van der Waals surface area contributed by atoms with E-state index in [1.165, 1.54) is 77.1 Å². The second-order valence-electron chi connectivity index (χ2n) is 12.3. The Bertz CT molecular complexity index is 2280. The number of hydrogen-bond acceptors (Lipinski definition) is 8. The van der Waals surface area contributed by atoms with Crippen LogP contribution in [0.3, 0.4) is 0 Å². The number of likely N-dealkylation sites (tertiary alicyclic amines) is 1. The molecule has 0 saturated carbocycles. The molecule has 252 valence electrons. The number of thiophene rings is 1. The molecule has 2 aliphatic heterocycles. The largest absolute Gasteiger partial charge is 0.492 e. The number of pyridine rings is 3. The summed E-state index contributed by atoms with van der Waals surface area (Å²) in [5.74, 6) is -1.35. The lowest BCUT2D eigenvalue weighted by Crippen LogP contribution is -2.29. The summed E-state index contributed by atoms with van der Waals surface area (Å²) in [6.45, 7) is 3.45. The maximum absolute atomic E-state index is 15.5. The maximum Gasteiger partial charge on any atom is 0.271 e. The number of benzene rings is 2. The lowest BCUT2D eigenvalue weighted by molar-refractivity contribution is 0.102. The van der Waals surface area contributed by atoms with Gasteiger partial charge in [0.2, 0.25) is 0 Å². The molecule has 0 atom stereocenters. The number of rotatable bonds is 8. The first kappa shape index (κ1) is 31.8. The van der Waals surface area contributed by atoms with Crippen molar-refractivity contribution in [2.75, 3.05) is 25.0 Å². The number of anilines is 1. The molecule has 6 heterocycles. The Morgan fingerprint density at radius 1 is 0.960 bits per heavy atom. The third-order valence-electron chi connectivity index (χ3n) is 8.90. The average Bonchev–Trinajstić information content (AvgIpc) is 3.78. The number of aromatic nitrogens is 3.